The van der Waals surface area contributed by atoms with E-state index in [1.807, 2.05) is 12.1 Å². The highest BCUT2D eigenvalue weighted by atomic mass is 127. The predicted molar refractivity (Wildman–Crippen MR) is 89.1 cm³/mol. The van der Waals surface area contributed by atoms with Gasteiger partial charge in [-0.1, -0.05) is 35.9 Å². The van der Waals surface area contributed by atoms with Gasteiger partial charge in [0.2, 0.25) is 0 Å². The maximum Gasteiger partial charge on any atom is 0.141 e. The van der Waals surface area contributed by atoms with Gasteiger partial charge in [-0.25, -0.2) is 4.39 Å². The van der Waals surface area contributed by atoms with Gasteiger partial charge in [0.15, 0.2) is 0 Å². The van der Waals surface area contributed by atoms with Gasteiger partial charge >= 0.3 is 0 Å². The summed E-state index contributed by atoms with van der Waals surface area (Å²) in [5.74, 6) is 5.27. The average molecular weight is 405 g/mol. The molecule has 0 saturated carbocycles. The number of hydrogen-bond donors (Lipinski definition) is 2. The zero-order chi connectivity index (χ0) is 14.7. The number of benzene rings is 2. The van der Waals surface area contributed by atoms with Crippen LogP contribution < -0.4 is 11.3 Å². The fraction of sp³-hybridized carbons (Fsp3) is 0.200. The lowest BCUT2D eigenvalue weighted by Gasteiger charge is -2.19. The van der Waals surface area contributed by atoms with Crippen LogP contribution in [0.15, 0.2) is 36.4 Å². The molecule has 0 spiro atoms. The topological polar surface area (TPSA) is 38.0 Å². The summed E-state index contributed by atoms with van der Waals surface area (Å²) in [7, 11) is 0. The van der Waals surface area contributed by atoms with E-state index in [0.717, 1.165) is 11.1 Å². The lowest BCUT2D eigenvalue weighted by molar-refractivity contribution is 0.548. The Kier molecular flexibility index (Phi) is 5.37. The first kappa shape index (κ1) is 15.7. The highest BCUT2D eigenvalue weighted by molar-refractivity contribution is 14.1. The number of nitrogens with two attached hydrogens (primary N) is 1. The molecule has 1 atom stereocenters. The largest absolute Gasteiger partial charge is 0.271 e. The molecule has 0 aromatic heterocycles. The molecule has 0 fully saturated rings. The van der Waals surface area contributed by atoms with Gasteiger partial charge in [-0.2, -0.15) is 0 Å². The van der Waals surface area contributed by atoms with Crippen molar-refractivity contribution in [3.8, 4) is 0 Å². The van der Waals surface area contributed by atoms with E-state index < -0.39 is 5.82 Å². The van der Waals surface area contributed by atoms with Crippen LogP contribution >= 0.6 is 34.2 Å². The summed E-state index contributed by atoms with van der Waals surface area (Å²) in [6.07, 6.45) is 0.649. The molecule has 2 rings (SSSR count). The maximum atomic E-state index is 13.2. The molecule has 3 N–H and O–H groups in total. The van der Waals surface area contributed by atoms with Crippen molar-refractivity contribution < 1.29 is 4.39 Å². The minimum absolute atomic E-state index is 0.0386. The van der Waals surface area contributed by atoms with Crippen LogP contribution in [-0.2, 0) is 6.42 Å². The van der Waals surface area contributed by atoms with Crippen LogP contribution in [0.2, 0.25) is 5.02 Å². The van der Waals surface area contributed by atoms with Gasteiger partial charge in [-0.3, -0.25) is 11.3 Å². The van der Waals surface area contributed by atoms with E-state index in [0.29, 0.717) is 6.42 Å². The monoisotopic (exact) mass is 404 g/mol. The smallest absolute Gasteiger partial charge is 0.141 e. The molecule has 0 saturated heterocycles. The third kappa shape index (κ3) is 3.49. The molecule has 20 heavy (non-hydrogen) atoms. The molecule has 2 nitrogen and oxygen atoms in total. The van der Waals surface area contributed by atoms with E-state index in [-0.39, 0.29) is 11.1 Å². The number of hydrogen-bond acceptors (Lipinski definition) is 2. The summed E-state index contributed by atoms with van der Waals surface area (Å²) < 4.78 is 14.4. The molecular formula is C15H15ClFIN2. The van der Waals surface area contributed by atoms with E-state index in [4.69, 9.17) is 17.4 Å². The second kappa shape index (κ2) is 6.85. The molecule has 0 bridgehead atoms. The number of rotatable bonds is 4. The van der Waals surface area contributed by atoms with Crippen LogP contribution in [0.1, 0.15) is 22.7 Å². The van der Waals surface area contributed by atoms with Crippen molar-refractivity contribution >= 4 is 34.2 Å². The fourth-order valence-electron chi connectivity index (χ4n) is 2.10. The van der Waals surface area contributed by atoms with E-state index in [2.05, 4.69) is 41.0 Å². The first-order valence-corrected chi connectivity index (χ1v) is 7.63. The van der Waals surface area contributed by atoms with Crippen LogP contribution in [0.5, 0.6) is 0 Å². The minimum Gasteiger partial charge on any atom is -0.271 e. The highest BCUT2D eigenvalue weighted by Crippen LogP contribution is 2.26. The highest BCUT2D eigenvalue weighted by Gasteiger charge is 2.15. The van der Waals surface area contributed by atoms with Crippen LogP contribution in [0.3, 0.4) is 0 Å². The van der Waals surface area contributed by atoms with Crippen molar-refractivity contribution in [1.82, 2.24) is 5.43 Å². The molecule has 5 heteroatoms. The Hall–Kier alpha value is -0.690. The maximum absolute atomic E-state index is 13.2. The number of nitrogens with one attached hydrogen (secondary N) is 1. The number of hydrazine groups is 1. The Morgan fingerprint density at radius 1 is 1.35 bits per heavy atom. The van der Waals surface area contributed by atoms with Crippen molar-refractivity contribution in [2.45, 2.75) is 19.4 Å². The van der Waals surface area contributed by atoms with Gasteiger partial charge in [0, 0.05) is 3.57 Å². The van der Waals surface area contributed by atoms with Gasteiger partial charge in [0.1, 0.15) is 5.82 Å². The summed E-state index contributed by atoms with van der Waals surface area (Å²) in [4.78, 5) is 0. The predicted octanol–water partition coefficient (Wildman–Crippen LogP) is 4.14. The summed E-state index contributed by atoms with van der Waals surface area (Å²) in [6.45, 7) is 2.06. The third-order valence-corrected chi connectivity index (χ3v) is 4.99. The first-order valence-electron chi connectivity index (χ1n) is 6.18. The van der Waals surface area contributed by atoms with Crippen LogP contribution in [-0.4, -0.2) is 0 Å². The third-order valence-electron chi connectivity index (χ3n) is 3.22. The second-order valence-electron chi connectivity index (χ2n) is 4.65. The van der Waals surface area contributed by atoms with E-state index in [9.17, 15) is 4.39 Å². The van der Waals surface area contributed by atoms with Crippen molar-refractivity contribution in [2.75, 3.05) is 0 Å². The van der Waals surface area contributed by atoms with Crippen molar-refractivity contribution in [1.29, 1.82) is 0 Å². The molecule has 0 aliphatic carbocycles. The normalized spacial score (nSPS) is 12.4. The second-order valence-corrected chi connectivity index (χ2v) is 6.14. The molecular weight excluding hydrogens is 390 g/mol. The average Bonchev–Trinajstić information content (AvgIpc) is 2.43. The lowest BCUT2D eigenvalue weighted by Crippen LogP contribution is -2.30. The number of halogens is 3. The van der Waals surface area contributed by atoms with Gasteiger partial charge in [-0.15, -0.1) is 0 Å². The lowest BCUT2D eigenvalue weighted by atomic mass is 9.98. The SMILES string of the molecule is Cc1cccc(C(Cc2ccc(F)c(Cl)c2)NN)c1I. The summed E-state index contributed by atoms with van der Waals surface area (Å²) in [5, 5.41) is 0.136. The molecule has 0 heterocycles. The van der Waals surface area contributed by atoms with Gasteiger partial charge in [0.25, 0.3) is 0 Å². The Labute approximate surface area is 136 Å². The molecule has 2 aromatic rings. The molecule has 0 radical (unpaired) electrons. The van der Waals surface area contributed by atoms with Crippen LogP contribution in [0.4, 0.5) is 4.39 Å². The van der Waals surface area contributed by atoms with E-state index in [1.165, 1.54) is 15.2 Å². The standard InChI is InChI=1S/C15H15ClFIN2/c1-9-3-2-4-11(15(9)18)14(20-19)8-10-5-6-13(17)12(16)7-10/h2-7,14,20H,8,19H2,1H3. The zero-order valence-electron chi connectivity index (χ0n) is 11.0. The fourth-order valence-corrected chi connectivity index (χ4v) is 3.04. The Bertz CT molecular complexity index is 619. The Balaban J connectivity index is 2.28. The Morgan fingerprint density at radius 2 is 2.10 bits per heavy atom. The van der Waals surface area contributed by atoms with Gasteiger partial charge in [-0.05, 0) is 64.8 Å². The summed E-state index contributed by atoms with van der Waals surface area (Å²) in [6, 6.07) is 10.8. The van der Waals surface area contributed by atoms with Gasteiger partial charge < -0.3 is 0 Å². The first-order chi connectivity index (χ1) is 9.52. The molecule has 0 aliphatic rings. The summed E-state index contributed by atoms with van der Waals surface area (Å²) in [5.41, 5.74) is 6.11. The quantitative estimate of drug-likeness (QED) is 0.457. The molecule has 2 aromatic carbocycles. The van der Waals surface area contributed by atoms with Gasteiger partial charge in [0.05, 0.1) is 11.1 Å². The molecule has 0 aliphatic heterocycles. The van der Waals surface area contributed by atoms with Crippen molar-refractivity contribution in [2.24, 2.45) is 5.84 Å². The van der Waals surface area contributed by atoms with Crippen molar-refractivity contribution in [3.63, 3.8) is 0 Å². The zero-order valence-corrected chi connectivity index (χ0v) is 13.9. The Morgan fingerprint density at radius 3 is 2.75 bits per heavy atom. The minimum atomic E-state index is -0.405. The number of aryl methyl sites for hydroxylation is 1. The molecule has 0 amide bonds. The van der Waals surface area contributed by atoms with Crippen LogP contribution in [0, 0.1) is 16.3 Å². The van der Waals surface area contributed by atoms with Crippen LogP contribution in [0.25, 0.3) is 0 Å². The molecule has 106 valence electrons. The van der Waals surface area contributed by atoms with Crippen molar-refractivity contribution in [3.05, 3.63) is 67.5 Å². The molecule has 1 unspecified atom stereocenters. The van der Waals surface area contributed by atoms with E-state index in [1.54, 1.807) is 12.1 Å². The van der Waals surface area contributed by atoms with E-state index >= 15 is 0 Å². The summed E-state index contributed by atoms with van der Waals surface area (Å²) >= 11 is 8.13.